The van der Waals surface area contributed by atoms with Crippen LogP contribution in [0.15, 0.2) is 48.5 Å². The largest absolute Gasteiger partial charge is 0.497 e. The summed E-state index contributed by atoms with van der Waals surface area (Å²) in [5, 5.41) is 4.85. The lowest BCUT2D eigenvalue weighted by molar-refractivity contribution is -0.149. The summed E-state index contributed by atoms with van der Waals surface area (Å²) in [7, 11) is 1.63. The average Bonchev–Trinajstić information content (AvgIpc) is 3.30. The van der Waals surface area contributed by atoms with Gasteiger partial charge in [-0.05, 0) is 69.0 Å². The van der Waals surface area contributed by atoms with Crippen molar-refractivity contribution >= 4 is 11.9 Å². The van der Waals surface area contributed by atoms with Gasteiger partial charge in [0.05, 0.1) is 31.0 Å². The normalized spacial score (nSPS) is 14.2. The number of carbonyl (C=O) groups is 2. The third-order valence-electron chi connectivity index (χ3n) is 6.29. The third kappa shape index (κ3) is 4.83. The maximum absolute atomic E-state index is 13.7. The van der Waals surface area contributed by atoms with Crippen molar-refractivity contribution in [3.05, 3.63) is 65.4 Å². The van der Waals surface area contributed by atoms with Crippen molar-refractivity contribution in [2.75, 3.05) is 26.8 Å². The number of rotatable bonds is 6. The van der Waals surface area contributed by atoms with Crippen molar-refractivity contribution in [3.63, 3.8) is 0 Å². The highest BCUT2D eigenvalue weighted by Gasteiger charge is 2.30. The van der Waals surface area contributed by atoms with Gasteiger partial charge in [-0.15, -0.1) is 0 Å². The number of carbonyl (C=O) groups excluding carboxylic acids is 2. The number of nitrogens with zero attached hydrogens (tertiary/aromatic N) is 3. The topological polar surface area (TPSA) is 73.7 Å². The number of likely N-dealkylation sites (tertiary alicyclic amines) is 1. The molecule has 178 valence electrons. The van der Waals surface area contributed by atoms with Crippen molar-refractivity contribution in [2.24, 2.45) is 5.92 Å². The van der Waals surface area contributed by atoms with Gasteiger partial charge in [0, 0.05) is 18.7 Å². The molecule has 1 aromatic heterocycles. The Kier molecular flexibility index (Phi) is 7.01. The molecular weight excluding hydrogens is 430 g/mol. The molecule has 2 heterocycles. The first kappa shape index (κ1) is 23.5. The number of ether oxygens (including phenoxy) is 2. The molecular formula is C27H31N3O4. The van der Waals surface area contributed by atoms with E-state index in [1.54, 1.807) is 11.8 Å². The van der Waals surface area contributed by atoms with E-state index in [1.807, 2.05) is 74.2 Å². The van der Waals surface area contributed by atoms with E-state index in [-0.39, 0.29) is 17.8 Å². The number of aryl methyl sites for hydroxylation is 2. The Bertz CT molecular complexity index is 1190. The molecule has 7 nitrogen and oxygen atoms in total. The maximum atomic E-state index is 13.7. The molecule has 1 aliphatic heterocycles. The molecule has 0 saturated carbocycles. The highest BCUT2D eigenvalue weighted by Crippen LogP contribution is 2.28. The lowest BCUT2D eigenvalue weighted by Gasteiger charge is -2.31. The lowest BCUT2D eigenvalue weighted by atomic mass is 9.97. The van der Waals surface area contributed by atoms with E-state index in [1.165, 1.54) is 0 Å². The van der Waals surface area contributed by atoms with Gasteiger partial charge >= 0.3 is 5.97 Å². The molecule has 3 aromatic rings. The summed E-state index contributed by atoms with van der Waals surface area (Å²) in [6.45, 7) is 7.24. The van der Waals surface area contributed by atoms with E-state index in [2.05, 4.69) is 0 Å². The summed E-state index contributed by atoms with van der Waals surface area (Å²) in [4.78, 5) is 27.6. The molecule has 1 saturated heterocycles. The van der Waals surface area contributed by atoms with Gasteiger partial charge in [0.1, 0.15) is 11.4 Å². The Hall–Kier alpha value is -3.61. The van der Waals surface area contributed by atoms with E-state index >= 15 is 0 Å². The summed E-state index contributed by atoms with van der Waals surface area (Å²) in [5.41, 5.74) is 5.07. The third-order valence-corrected chi connectivity index (χ3v) is 6.29. The zero-order valence-corrected chi connectivity index (χ0v) is 20.2. The van der Waals surface area contributed by atoms with Crippen molar-refractivity contribution in [2.45, 2.75) is 33.6 Å². The Morgan fingerprint density at radius 2 is 1.82 bits per heavy atom. The molecule has 34 heavy (non-hydrogen) atoms. The van der Waals surface area contributed by atoms with Gasteiger partial charge in [0.15, 0.2) is 0 Å². The van der Waals surface area contributed by atoms with Crippen molar-refractivity contribution < 1.29 is 19.1 Å². The van der Waals surface area contributed by atoms with Crippen molar-refractivity contribution in [1.82, 2.24) is 14.7 Å². The fraction of sp³-hybridized carbons (Fsp3) is 0.370. The van der Waals surface area contributed by atoms with E-state index in [0.29, 0.717) is 43.9 Å². The fourth-order valence-electron chi connectivity index (χ4n) is 4.33. The van der Waals surface area contributed by atoms with Crippen LogP contribution >= 0.6 is 0 Å². The Morgan fingerprint density at radius 3 is 2.53 bits per heavy atom. The van der Waals surface area contributed by atoms with Gasteiger partial charge in [-0.3, -0.25) is 9.59 Å². The number of hydrogen-bond acceptors (Lipinski definition) is 5. The van der Waals surface area contributed by atoms with Gasteiger partial charge in [-0.1, -0.05) is 24.3 Å². The number of piperidine rings is 1. The predicted molar refractivity (Wildman–Crippen MR) is 130 cm³/mol. The second-order valence-electron chi connectivity index (χ2n) is 8.67. The average molecular weight is 462 g/mol. The van der Waals surface area contributed by atoms with Crippen molar-refractivity contribution in [1.29, 1.82) is 0 Å². The molecule has 1 amide bonds. The smallest absolute Gasteiger partial charge is 0.309 e. The molecule has 0 radical (unpaired) electrons. The summed E-state index contributed by atoms with van der Waals surface area (Å²) in [6, 6.07) is 15.6. The molecule has 1 fully saturated rings. The number of methoxy groups -OCH3 is 1. The molecule has 0 aliphatic carbocycles. The van der Waals surface area contributed by atoms with Crippen LogP contribution < -0.4 is 4.74 Å². The Morgan fingerprint density at radius 1 is 1.06 bits per heavy atom. The lowest BCUT2D eigenvalue weighted by Crippen LogP contribution is -2.41. The number of amides is 1. The standard InChI is InChI=1S/C27H31N3O4/c1-5-34-27(32)20-11-13-29(14-12-20)26(31)25-17-23(21-7-6-8-22(16-21)33-4)28-30(25)24-15-18(2)9-10-19(24)3/h6-10,15-17,20H,5,11-14H2,1-4H3. The molecule has 0 atom stereocenters. The molecule has 7 heteroatoms. The fourth-order valence-corrected chi connectivity index (χ4v) is 4.33. The van der Waals surface area contributed by atoms with Crippen LogP contribution in [0.1, 0.15) is 41.4 Å². The van der Waals surface area contributed by atoms with Crippen LogP contribution in [0.25, 0.3) is 16.9 Å². The van der Waals surface area contributed by atoms with Gasteiger partial charge in [0.2, 0.25) is 0 Å². The van der Waals surface area contributed by atoms with Crippen LogP contribution in [0.3, 0.4) is 0 Å². The first-order valence-corrected chi connectivity index (χ1v) is 11.7. The van der Waals surface area contributed by atoms with E-state index in [4.69, 9.17) is 14.6 Å². The van der Waals surface area contributed by atoms with Gasteiger partial charge < -0.3 is 14.4 Å². The number of esters is 1. The predicted octanol–water partition coefficient (Wildman–Crippen LogP) is 4.58. The molecule has 0 unspecified atom stereocenters. The van der Waals surface area contributed by atoms with Gasteiger partial charge in [-0.25, -0.2) is 4.68 Å². The summed E-state index contributed by atoms with van der Waals surface area (Å²) >= 11 is 0. The minimum atomic E-state index is -0.171. The van der Waals surface area contributed by atoms with Crippen LogP contribution in [0.5, 0.6) is 5.75 Å². The van der Waals surface area contributed by atoms with Gasteiger partial charge in [0.25, 0.3) is 5.91 Å². The monoisotopic (exact) mass is 461 g/mol. The summed E-state index contributed by atoms with van der Waals surface area (Å²) in [6.07, 6.45) is 1.20. The van der Waals surface area contributed by atoms with Gasteiger partial charge in [-0.2, -0.15) is 5.10 Å². The van der Waals surface area contributed by atoms with E-state index < -0.39 is 0 Å². The molecule has 4 rings (SSSR count). The molecule has 1 aliphatic rings. The maximum Gasteiger partial charge on any atom is 0.309 e. The van der Waals surface area contributed by atoms with E-state index in [9.17, 15) is 9.59 Å². The Balaban J connectivity index is 1.69. The molecule has 0 N–H and O–H groups in total. The minimum absolute atomic E-state index is 0.0927. The zero-order valence-electron chi connectivity index (χ0n) is 20.2. The van der Waals surface area contributed by atoms with Crippen LogP contribution in [0.2, 0.25) is 0 Å². The second-order valence-corrected chi connectivity index (χ2v) is 8.67. The number of aromatic nitrogens is 2. The minimum Gasteiger partial charge on any atom is -0.497 e. The second kappa shape index (κ2) is 10.1. The van der Waals surface area contributed by atoms with Crippen molar-refractivity contribution in [3.8, 4) is 22.7 Å². The number of benzene rings is 2. The first-order valence-electron chi connectivity index (χ1n) is 11.7. The molecule has 2 aromatic carbocycles. The van der Waals surface area contributed by atoms with E-state index in [0.717, 1.165) is 28.1 Å². The molecule has 0 bridgehead atoms. The van der Waals surface area contributed by atoms with Crippen LogP contribution in [0, 0.1) is 19.8 Å². The highest BCUT2D eigenvalue weighted by molar-refractivity contribution is 5.94. The SMILES string of the molecule is CCOC(=O)C1CCN(C(=O)c2cc(-c3cccc(OC)c3)nn2-c2cc(C)ccc2C)CC1. The summed E-state index contributed by atoms with van der Waals surface area (Å²) < 4.78 is 12.3. The van der Waals surface area contributed by atoms with Crippen LogP contribution in [-0.2, 0) is 9.53 Å². The van der Waals surface area contributed by atoms with Crippen LogP contribution in [-0.4, -0.2) is 53.4 Å². The quantitative estimate of drug-likeness (QED) is 0.503. The zero-order chi connectivity index (χ0) is 24.2. The molecule has 0 spiro atoms. The summed E-state index contributed by atoms with van der Waals surface area (Å²) in [5.74, 6) is 0.313. The first-order chi connectivity index (χ1) is 16.4. The highest BCUT2D eigenvalue weighted by atomic mass is 16.5. The van der Waals surface area contributed by atoms with Crippen LogP contribution in [0.4, 0.5) is 0 Å². The number of hydrogen-bond donors (Lipinski definition) is 0. The Labute approximate surface area is 200 Å².